The maximum absolute atomic E-state index is 3.67. The third kappa shape index (κ3) is 5.68. The largest absolute Gasteiger partial charge is 0.0991 e. The molecule has 1 aromatic carbocycles. The van der Waals surface area contributed by atoms with Crippen LogP contribution in [0.3, 0.4) is 0 Å². The first kappa shape index (κ1) is 11.4. The van der Waals surface area contributed by atoms with Gasteiger partial charge in [0.25, 0.3) is 0 Å². The van der Waals surface area contributed by atoms with E-state index >= 15 is 0 Å². The monoisotopic (exact) mass is 172 g/mol. The smallest absolute Gasteiger partial charge is 0.0260 e. The summed E-state index contributed by atoms with van der Waals surface area (Å²) in [6.07, 6.45) is 5.13. The van der Waals surface area contributed by atoms with Crippen molar-refractivity contribution in [2.75, 3.05) is 0 Å². The molecule has 0 amide bonds. The second-order valence-corrected chi connectivity index (χ2v) is 2.59. The minimum absolute atomic E-state index is 1.19. The highest BCUT2D eigenvalue weighted by molar-refractivity contribution is 5.47. The molecule has 0 N–H and O–H groups in total. The minimum Gasteiger partial charge on any atom is -0.0991 e. The van der Waals surface area contributed by atoms with Crippen molar-refractivity contribution < 1.29 is 0 Å². The van der Waals surface area contributed by atoms with E-state index in [4.69, 9.17) is 0 Å². The zero-order valence-corrected chi connectivity index (χ0v) is 8.16. The lowest BCUT2D eigenvalue weighted by Crippen LogP contribution is -1.72. The Kier molecular flexibility index (Phi) is 6.26. The summed E-state index contributed by atoms with van der Waals surface area (Å²) in [5.41, 5.74) is 2.47. The lowest BCUT2D eigenvalue weighted by molar-refractivity contribution is 1.46. The molecule has 0 unspecified atom stereocenters. The maximum Gasteiger partial charge on any atom is -0.0260 e. The predicted octanol–water partition coefficient (Wildman–Crippen LogP) is 4.00. The fourth-order valence-electron chi connectivity index (χ4n) is 0.797. The van der Waals surface area contributed by atoms with E-state index in [1.165, 1.54) is 11.1 Å². The molecule has 0 aliphatic carbocycles. The second kappa shape index (κ2) is 7.11. The molecule has 0 atom stereocenters. The van der Waals surface area contributed by atoms with Gasteiger partial charge in [-0.3, -0.25) is 0 Å². The summed E-state index contributed by atoms with van der Waals surface area (Å²) < 4.78 is 0. The molecule has 0 fully saturated rings. The Bertz CT molecular complexity index is 276. The van der Waals surface area contributed by atoms with Crippen molar-refractivity contribution in [3.8, 4) is 0 Å². The molecule has 0 bridgehead atoms. The first-order valence-electron chi connectivity index (χ1n) is 4.17. The van der Waals surface area contributed by atoms with Crippen molar-refractivity contribution in [3.63, 3.8) is 0 Å². The van der Waals surface area contributed by atoms with Crippen molar-refractivity contribution in [1.82, 2.24) is 0 Å². The number of benzene rings is 1. The van der Waals surface area contributed by atoms with Gasteiger partial charge in [0.2, 0.25) is 0 Å². The molecule has 13 heavy (non-hydrogen) atoms. The molecule has 1 aromatic rings. The molecular formula is C13H16. The van der Waals surface area contributed by atoms with Crippen molar-refractivity contribution >= 4 is 6.08 Å². The summed E-state index contributed by atoms with van der Waals surface area (Å²) in [5.74, 6) is 0. The number of rotatable bonds is 2. The van der Waals surface area contributed by atoms with Crippen LogP contribution >= 0.6 is 0 Å². The van der Waals surface area contributed by atoms with Gasteiger partial charge < -0.3 is 0 Å². The summed E-state index contributed by atoms with van der Waals surface area (Å²) in [4.78, 5) is 0. The second-order valence-electron chi connectivity index (χ2n) is 2.59. The van der Waals surface area contributed by atoms with Crippen LogP contribution in [0.15, 0.2) is 56.2 Å². The summed E-state index contributed by atoms with van der Waals surface area (Å²) in [6, 6.07) is 8.26. The highest BCUT2D eigenvalue weighted by Crippen LogP contribution is 2.03. The standard InChI is InChI=1S/C9H10.C4H6/c1-3-9-6-4-5-8(2)7-9;1-3-4-2/h3-7H,1H2,2H3;3-4H,1-2H2. The van der Waals surface area contributed by atoms with E-state index in [9.17, 15) is 0 Å². The Morgan fingerprint density at radius 3 is 2.00 bits per heavy atom. The van der Waals surface area contributed by atoms with Crippen LogP contribution in [0.1, 0.15) is 11.1 Å². The molecule has 0 aliphatic rings. The average Bonchev–Trinajstić information content (AvgIpc) is 2.18. The Labute approximate surface area is 80.9 Å². The number of aryl methyl sites for hydroxylation is 1. The first-order valence-corrected chi connectivity index (χ1v) is 4.17. The quantitative estimate of drug-likeness (QED) is 0.591. The number of hydrogen-bond donors (Lipinski definition) is 0. The highest BCUT2D eigenvalue weighted by atomic mass is 13.9. The van der Waals surface area contributed by atoms with Gasteiger partial charge in [0, 0.05) is 0 Å². The summed E-state index contributed by atoms with van der Waals surface area (Å²) in [5, 5.41) is 0. The number of allylic oxidation sites excluding steroid dienone is 2. The summed E-state index contributed by atoms with van der Waals surface area (Å²) >= 11 is 0. The summed E-state index contributed by atoms with van der Waals surface area (Å²) in [6.45, 7) is 12.5. The fourth-order valence-corrected chi connectivity index (χ4v) is 0.797. The molecule has 0 aromatic heterocycles. The topological polar surface area (TPSA) is 0 Å². The van der Waals surface area contributed by atoms with Crippen molar-refractivity contribution in [2.24, 2.45) is 0 Å². The molecule has 0 spiro atoms. The molecule has 0 heteroatoms. The normalized spacial score (nSPS) is 7.77. The average molecular weight is 172 g/mol. The van der Waals surface area contributed by atoms with Crippen molar-refractivity contribution in [3.05, 3.63) is 67.3 Å². The van der Waals surface area contributed by atoms with Gasteiger partial charge in [0.1, 0.15) is 0 Å². The summed E-state index contributed by atoms with van der Waals surface area (Å²) in [7, 11) is 0. The van der Waals surface area contributed by atoms with Gasteiger partial charge >= 0.3 is 0 Å². The Morgan fingerprint density at radius 2 is 1.69 bits per heavy atom. The third-order valence-electron chi connectivity index (χ3n) is 1.44. The molecular weight excluding hydrogens is 156 g/mol. The SMILES string of the molecule is C=CC=C.C=Cc1cccc(C)c1. The zero-order valence-electron chi connectivity index (χ0n) is 8.16. The lowest BCUT2D eigenvalue weighted by atomic mass is 10.1. The van der Waals surface area contributed by atoms with Gasteiger partial charge in [0.15, 0.2) is 0 Å². The molecule has 0 saturated heterocycles. The van der Waals surface area contributed by atoms with Gasteiger partial charge in [-0.15, -0.1) is 0 Å². The highest BCUT2D eigenvalue weighted by Gasteiger charge is 1.83. The molecule has 0 aliphatic heterocycles. The van der Waals surface area contributed by atoms with E-state index < -0.39 is 0 Å². The van der Waals surface area contributed by atoms with Crippen molar-refractivity contribution in [2.45, 2.75) is 6.92 Å². The fraction of sp³-hybridized carbons (Fsp3) is 0.0769. The van der Waals surface area contributed by atoms with E-state index in [0.717, 1.165) is 0 Å². The molecule has 0 nitrogen and oxygen atoms in total. The minimum atomic E-state index is 1.19. The van der Waals surface area contributed by atoms with E-state index in [-0.39, 0.29) is 0 Å². The van der Waals surface area contributed by atoms with E-state index in [2.05, 4.69) is 38.8 Å². The predicted molar refractivity (Wildman–Crippen MR) is 61.7 cm³/mol. The van der Waals surface area contributed by atoms with Crippen LogP contribution in [-0.4, -0.2) is 0 Å². The molecule has 68 valence electrons. The van der Waals surface area contributed by atoms with Crippen LogP contribution in [0.25, 0.3) is 6.08 Å². The molecule has 1 rings (SSSR count). The lowest BCUT2D eigenvalue weighted by Gasteiger charge is -1.92. The van der Waals surface area contributed by atoms with Crippen molar-refractivity contribution in [1.29, 1.82) is 0 Å². The van der Waals surface area contributed by atoms with Gasteiger partial charge in [0.05, 0.1) is 0 Å². The maximum atomic E-state index is 3.67. The van der Waals surface area contributed by atoms with Crippen LogP contribution in [0.4, 0.5) is 0 Å². The zero-order chi connectivity index (χ0) is 10.1. The third-order valence-corrected chi connectivity index (χ3v) is 1.44. The van der Waals surface area contributed by atoms with Crippen LogP contribution < -0.4 is 0 Å². The van der Waals surface area contributed by atoms with Crippen LogP contribution in [0, 0.1) is 6.92 Å². The van der Waals surface area contributed by atoms with Gasteiger partial charge in [-0.05, 0) is 12.5 Å². The molecule has 0 saturated carbocycles. The van der Waals surface area contributed by atoms with E-state index in [0.29, 0.717) is 0 Å². The first-order chi connectivity index (χ1) is 6.24. The van der Waals surface area contributed by atoms with E-state index in [1.807, 2.05) is 18.2 Å². The Hall–Kier alpha value is -1.56. The van der Waals surface area contributed by atoms with Crippen LogP contribution in [0.2, 0.25) is 0 Å². The number of hydrogen-bond acceptors (Lipinski definition) is 0. The van der Waals surface area contributed by atoms with Gasteiger partial charge in [-0.25, -0.2) is 0 Å². The molecule has 0 heterocycles. The Morgan fingerprint density at radius 1 is 1.08 bits per heavy atom. The van der Waals surface area contributed by atoms with Crippen LogP contribution in [0.5, 0.6) is 0 Å². The van der Waals surface area contributed by atoms with Crippen LogP contribution in [-0.2, 0) is 0 Å². The molecule has 0 radical (unpaired) electrons. The van der Waals surface area contributed by atoms with E-state index in [1.54, 1.807) is 12.2 Å². The van der Waals surface area contributed by atoms with Gasteiger partial charge in [-0.2, -0.15) is 0 Å². The van der Waals surface area contributed by atoms with Gasteiger partial charge in [-0.1, -0.05) is 67.8 Å². The Balaban J connectivity index is 0.000000310.